The molecule has 0 radical (unpaired) electrons. The SMILES string of the molecule is Cc1cc(OCC(=O)N2CCOCC2)cc(C)c1-c1cccc(COc2ccc(Cn3oc(=O)[nH]c3=O)cc2)c1. The maximum atomic E-state index is 12.4. The van der Waals surface area contributed by atoms with Gasteiger partial charge in [0.15, 0.2) is 6.61 Å². The summed E-state index contributed by atoms with van der Waals surface area (Å²) < 4.78 is 22.9. The van der Waals surface area contributed by atoms with Gasteiger partial charge in [-0.3, -0.25) is 4.79 Å². The van der Waals surface area contributed by atoms with Crippen LogP contribution in [0, 0.1) is 13.8 Å². The maximum absolute atomic E-state index is 12.4. The summed E-state index contributed by atoms with van der Waals surface area (Å²) in [6.45, 7) is 6.93. The van der Waals surface area contributed by atoms with Crippen LogP contribution in [0.5, 0.6) is 11.5 Å². The fourth-order valence-corrected chi connectivity index (χ4v) is 4.77. The molecule has 4 aromatic rings. The largest absolute Gasteiger partial charge is 0.489 e. The summed E-state index contributed by atoms with van der Waals surface area (Å²) >= 11 is 0. The molecule has 10 nitrogen and oxygen atoms in total. The number of aromatic nitrogens is 2. The van der Waals surface area contributed by atoms with Gasteiger partial charge < -0.3 is 23.6 Å². The molecule has 2 heterocycles. The molecular formula is C30H31N3O7. The van der Waals surface area contributed by atoms with Crippen LogP contribution in [-0.2, 0) is 22.7 Å². The molecule has 1 aliphatic heterocycles. The molecule has 0 aliphatic carbocycles. The zero-order chi connectivity index (χ0) is 28.1. The van der Waals surface area contributed by atoms with Crippen molar-refractivity contribution in [2.45, 2.75) is 27.0 Å². The third-order valence-electron chi connectivity index (χ3n) is 6.73. The first-order valence-corrected chi connectivity index (χ1v) is 13.1. The van der Waals surface area contributed by atoms with Crippen LogP contribution in [0.4, 0.5) is 0 Å². The Bertz CT molecular complexity index is 1570. The van der Waals surface area contributed by atoms with E-state index in [4.69, 9.17) is 18.7 Å². The molecule has 1 saturated heterocycles. The van der Waals surface area contributed by atoms with Gasteiger partial charge in [0, 0.05) is 13.1 Å². The van der Waals surface area contributed by atoms with E-state index in [1.807, 2.05) is 62.4 Å². The van der Waals surface area contributed by atoms with Gasteiger partial charge in [0.2, 0.25) is 0 Å². The molecule has 0 bridgehead atoms. The van der Waals surface area contributed by atoms with E-state index in [-0.39, 0.29) is 19.1 Å². The van der Waals surface area contributed by atoms with Gasteiger partial charge in [-0.2, -0.15) is 0 Å². The maximum Gasteiger partial charge on any atom is 0.440 e. The van der Waals surface area contributed by atoms with E-state index in [1.54, 1.807) is 4.90 Å². The van der Waals surface area contributed by atoms with Crippen LogP contribution in [0.3, 0.4) is 0 Å². The Morgan fingerprint density at radius 1 is 0.900 bits per heavy atom. The second-order valence-electron chi connectivity index (χ2n) is 9.69. The first-order chi connectivity index (χ1) is 19.4. The van der Waals surface area contributed by atoms with E-state index in [1.165, 1.54) is 0 Å². The first-order valence-electron chi connectivity index (χ1n) is 13.1. The molecule has 3 aromatic carbocycles. The van der Waals surface area contributed by atoms with Gasteiger partial charge in [-0.05, 0) is 77.6 Å². The number of aromatic amines is 1. The number of hydrogen-bond donors (Lipinski definition) is 1. The summed E-state index contributed by atoms with van der Waals surface area (Å²) in [6, 6.07) is 19.4. The third-order valence-corrected chi connectivity index (χ3v) is 6.73. The van der Waals surface area contributed by atoms with Gasteiger partial charge in [-0.15, -0.1) is 4.74 Å². The van der Waals surface area contributed by atoms with Crippen LogP contribution >= 0.6 is 0 Å². The standard InChI is InChI=1S/C30H31N3O7/c1-20-14-26(39-19-27(34)32-10-12-37-13-11-32)15-21(2)28(20)24-5-3-4-23(16-24)18-38-25-8-6-22(7-9-25)17-33-29(35)31-30(36)40-33/h3-9,14-16H,10-13,17-19H2,1-2H3,(H,31,35,36). The van der Waals surface area contributed by atoms with Gasteiger partial charge in [-0.25, -0.2) is 14.6 Å². The fourth-order valence-electron chi connectivity index (χ4n) is 4.77. The molecule has 0 saturated carbocycles. The molecule has 10 heteroatoms. The Hall–Kier alpha value is -4.57. The highest BCUT2D eigenvalue weighted by atomic mass is 16.5. The Morgan fingerprint density at radius 3 is 2.30 bits per heavy atom. The number of hydrogen-bond acceptors (Lipinski definition) is 7. The average Bonchev–Trinajstić information content (AvgIpc) is 3.27. The molecule has 0 spiro atoms. The number of nitrogens with one attached hydrogen (secondary N) is 1. The number of H-pyrrole nitrogens is 1. The monoisotopic (exact) mass is 545 g/mol. The van der Waals surface area contributed by atoms with E-state index in [2.05, 4.69) is 17.1 Å². The van der Waals surface area contributed by atoms with E-state index >= 15 is 0 Å². The minimum atomic E-state index is -0.780. The van der Waals surface area contributed by atoms with Crippen LogP contribution in [0.2, 0.25) is 0 Å². The lowest BCUT2D eigenvalue weighted by atomic mass is 9.94. The van der Waals surface area contributed by atoms with Crippen LogP contribution in [-0.4, -0.2) is 53.4 Å². The van der Waals surface area contributed by atoms with Crippen molar-refractivity contribution in [1.29, 1.82) is 0 Å². The number of rotatable bonds is 9. The van der Waals surface area contributed by atoms with E-state index in [9.17, 15) is 14.4 Å². The van der Waals surface area contributed by atoms with Gasteiger partial charge in [0.1, 0.15) is 18.1 Å². The lowest BCUT2D eigenvalue weighted by molar-refractivity contribution is -0.137. The quantitative estimate of drug-likeness (QED) is 0.343. The normalized spacial score (nSPS) is 13.3. The molecule has 0 atom stereocenters. The second-order valence-corrected chi connectivity index (χ2v) is 9.69. The van der Waals surface area contributed by atoms with E-state index < -0.39 is 11.4 Å². The number of nitrogens with zero attached hydrogens (tertiary/aromatic N) is 2. The number of carbonyl (C=O) groups is 1. The van der Waals surface area contributed by atoms with Crippen molar-refractivity contribution < 1.29 is 23.5 Å². The third kappa shape index (κ3) is 6.52. The van der Waals surface area contributed by atoms with Crippen molar-refractivity contribution in [2.24, 2.45) is 0 Å². The van der Waals surface area contributed by atoms with E-state index in [0.29, 0.717) is 44.4 Å². The summed E-state index contributed by atoms with van der Waals surface area (Å²) in [5, 5.41) is 0. The summed E-state index contributed by atoms with van der Waals surface area (Å²) in [7, 11) is 0. The van der Waals surface area contributed by atoms with Crippen LogP contribution in [0.25, 0.3) is 11.1 Å². The molecule has 1 fully saturated rings. The smallest absolute Gasteiger partial charge is 0.440 e. The van der Waals surface area contributed by atoms with Crippen molar-refractivity contribution in [3.05, 3.63) is 104 Å². The van der Waals surface area contributed by atoms with E-state index in [0.717, 1.165) is 38.1 Å². The lowest BCUT2D eigenvalue weighted by Gasteiger charge is -2.26. The Morgan fingerprint density at radius 2 is 1.62 bits per heavy atom. The highest BCUT2D eigenvalue weighted by Gasteiger charge is 2.18. The lowest BCUT2D eigenvalue weighted by Crippen LogP contribution is -2.42. The highest BCUT2D eigenvalue weighted by molar-refractivity contribution is 5.78. The first kappa shape index (κ1) is 27.0. The number of carbonyl (C=O) groups excluding carboxylic acids is 1. The van der Waals surface area contributed by atoms with Crippen molar-refractivity contribution in [3.8, 4) is 22.6 Å². The minimum Gasteiger partial charge on any atom is -0.489 e. The molecule has 40 heavy (non-hydrogen) atoms. The van der Waals surface area contributed by atoms with Gasteiger partial charge >= 0.3 is 11.4 Å². The Kier molecular flexibility index (Phi) is 8.16. The molecule has 0 unspecified atom stereocenters. The summed E-state index contributed by atoms with van der Waals surface area (Å²) in [4.78, 5) is 39.1. The molecule has 1 aromatic heterocycles. The van der Waals surface area contributed by atoms with Crippen molar-refractivity contribution in [3.63, 3.8) is 0 Å². The van der Waals surface area contributed by atoms with Gasteiger partial charge in [-0.1, -0.05) is 30.3 Å². The summed E-state index contributed by atoms with van der Waals surface area (Å²) in [5.74, 6) is 0.539. The number of amides is 1. The average molecular weight is 546 g/mol. The van der Waals surface area contributed by atoms with Crippen molar-refractivity contribution in [1.82, 2.24) is 14.6 Å². The van der Waals surface area contributed by atoms with Gasteiger partial charge in [0.05, 0.1) is 19.8 Å². The second kappa shape index (κ2) is 12.1. The molecule has 1 aliphatic rings. The van der Waals surface area contributed by atoms with Crippen LogP contribution in [0.15, 0.2) is 74.8 Å². The number of benzene rings is 3. The van der Waals surface area contributed by atoms with Crippen LogP contribution < -0.4 is 20.9 Å². The van der Waals surface area contributed by atoms with Crippen molar-refractivity contribution in [2.75, 3.05) is 32.9 Å². The highest BCUT2D eigenvalue weighted by Crippen LogP contribution is 2.32. The predicted octanol–water partition coefficient (Wildman–Crippen LogP) is 3.28. The Balaban J connectivity index is 1.21. The van der Waals surface area contributed by atoms with Crippen LogP contribution in [0.1, 0.15) is 22.3 Å². The fraction of sp³-hybridized carbons (Fsp3) is 0.300. The number of aryl methyl sites for hydroxylation is 2. The molecule has 1 amide bonds. The predicted molar refractivity (Wildman–Crippen MR) is 148 cm³/mol. The topological polar surface area (TPSA) is 116 Å². The Labute approximate surface area is 230 Å². The molecular weight excluding hydrogens is 514 g/mol. The van der Waals surface area contributed by atoms with Crippen molar-refractivity contribution >= 4 is 5.91 Å². The van der Waals surface area contributed by atoms with Gasteiger partial charge in [0.25, 0.3) is 5.91 Å². The number of morpholine rings is 1. The molecule has 208 valence electrons. The minimum absolute atomic E-state index is 0.00701. The molecule has 5 rings (SSSR count). The summed E-state index contributed by atoms with van der Waals surface area (Å²) in [5.41, 5.74) is 5.52. The zero-order valence-corrected chi connectivity index (χ0v) is 22.5. The zero-order valence-electron chi connectivity index (χ0n) is 22.5. The summed E-state index contributed by atoms with van der Waals surface area (Å²) in [6.07, 6.45) is 0. The molecule has 1 N–H and O–H groups in total. The number of ether oxygens (including phenoxy) is 3.